The molecule has 0 aliphatic heterocycles. The maximum atomic E-state index is 5.91. The normalized spacial score (nSPS) is 12.0. The summed E-state index contributed by atoms with van der Waals surface area (Å²) in [4.78, 5) is 4.52. The highest BCUT2D eigenvalue weighted by molar-refractivity contribution is 5.43. The van der Waals surface area contributed by atoms with E-state index in [4.69, 9.17) is 19.7 Å². The summed E-state index contributed by atoms with van der Waals surface area (Å²) < 4.78 is 16.0. The first-order chi connectivity index (χ1) is 12.2. The zero-order valence-electron chi connectivity index (χ0n) is 14.3. The van der Waals surface area contributed by atoms with Gasteiger partial charge in [-0.1, -0.05) is 41.6 Å². The summed E-state index contributed by atoms with van der Waals surface area (Å²) in [6.45, 7) is 0.405. The van der Waals surface area contributed by atoms with E-state index in [1.54, 1.807) is 14.2 Å². The van der Waals surface area contributed by atoms with Crippen LogP contribution in [0.1, 0.15) is 28.8 Å². The molecule has 0 radical (unpaired) electrons. The standard InChI is InChI=1S/C19H21N3O3/c1-23-16-9-8-13(10-17(16)24-2)11-18-21-19(25-22-18)15(12-20)14-6-4-3-5-7-14/h3-10,15H,11-12,20H2,1-2H3. The van der Waals surface area contributed by atoms with E-state index in [0.717, 1.165) is 11.1 Å². The topological polar surface area (TPSA) is 83.4 Å². The van der Waals surface area contributed by atoms with Crippen molar-refractivity contribution in [1.82, 2.24) is 10.1 Å². The number of hydrogen-bond donors (Lipinski definition) is 1. The molecule has 130 valence electrons. The maximum Gasteiger partial charge on any atom is 0.235 e. The van der Waals surface area contributed by atoms with Crippen molar-refractivity contribution in [2.75, 3.05) is 20.8 Å². The third-order valence-electron chi connectivity index (χ3n) is 4.03. The molecule has 0 aliphatic rings. The second kappa shape index (κ2) is 7.81. The molecular formula is C19H21N3O3. The Labute approximate surface area is 146 Å². The number of methoxy groups -OCH3 is 2. The van der Waals surface area contributed by atoms with E-state index in [2.05, 4.69) is 10.1 Å². The van der Waals surface area contributed by atoms with Gasteiger partial charge in [0.15, 0.2) is 17.3 Å². The molecule has 1 atom stereocenters. The van der Waals surface area contributed by atoms with Crippen LogP contribution in [-0.2, 0) is 6.42 Å². The summed E-state index contributed by atoms with van der Waals surface area (Å²) in [7, 11) is 3.22. The van der Waals surface area contributed by atoms with Crippen LogP contribution in [0.5, 0.6) is 11.5 Å². The van der Waals surface area contributed by atoms with E-state index >= 15 is 0 Å². The lowest BCUT2D eigenvalue weighted by Gasteiger charge is -2.09. The summed E-state index contributed by atoms with van der Waals surface area (Å²) in [6, 6.07) is 15.7. The summed E-state index contributed by atoms with van der Waals surface area (Å²) >= 11 is 0. The van der Waals surface area contributed by atoms with E-state index < -0.39 is 0 Å². The van der Waals surface area contributed by atoms with Crippen molar-refractivity contribution in [2.24, 2.45) is 5.73 Å². The van der Waals surface area contributed by atoms with Gasteiger partial charge in [0.2, 0.25) is 5.89 Å². The summed E-state index contributed by atoms with van der Waals surface area (Å²) in [6.07, 6.45) is 0.538. The highest BCUT2D eigenvalue weighted by atomic mass is 16.5. The van der Waals surface area contributed by atoms with Gasteiger partial charge in [0.05, 0.1) is 20.1 Å². The first-order valence-electron chi connectivity index (χ1n) is 8.03. The molecule has 2 aromatic carbocycles. The van der Waals surface area contributed by atoms with Crippen molar-refractivity contribution in [3.63, 3.8) is 0 Å². The molecule has 0 saturated carbocycles. The highest BCUT2D eigenvalue weighted by Gasteiger charge is 2.19. The quantitative estimate of drug-likeness (QED) is 0.712. The van der Waals surface area contributed by atoms with Crippen LogP contribution in [0.15, 0.2) is 53.1 Å². The van der Waals surface area contributed by atoms with Gasteiger partial charge < -0.3 is 19.7 Å². The summed E-state index contributed by atoms with van der Waals surface area (Å²) in [5.74, 6) is 2.40. The average molecular weight is 339 g/mol. The molecule has 2 N–H and O–H groups in total. The monoisotopic (exact) mass is 339 g/mol. The van der Waals surface area contributed by atoms with E-state index in [1.807, 2.05) is 48.5 Å². The van der Waals surface area contributed by atoms with Crippen LogP contribution in [0.2, 0.25) is 0 Å². The van der Waals surface area contributed by atoms with Crippen molar-refractivity contribution < 1.29 is 14.0 Å². The number of benzene rings is 2. The van der Waals surface area contributed by atoms with Crippen molar-refractivity contribution >= 4 is 0 Å². The van der Waals surface area contributed by atoms with E-state index in [0.29, 0.717) is 36.2 Å². The number of rotatable bonds is 7. The minimum Gasteiger partial charge on any atom is -0.493 e. The lowest BCUT2D eigenvalue weighted by molar-refractivity contribution is 0.354. The Kier molecular flexibility index (Phi) is 5.30. The first-order valence-corrected chi connectivity index (χ1v) is 8.03. The Morgan fingerprint density at radius 3 is 2.48 bits per heavy atom. The summed E-state index contributed by atoms with van der Waals surface area (Å²) in [5.41, 5.74) is 7.98. The molecule has 1 aromatic heterocycles. The molecule has 25 heavy (non-hydrogen) atoms. The maximum absolute atomic E-state index is 5.91. The molecule has 1 unspecified atom stereocenters. The molecule has 3 aromatic rings. The molecular weight excluding hydrogens is 318 g/mol. The summed E-state index contributed by atoms with van der Waals surface area (Å²) in [5, 5.41) is 4.09. The SMILES string of the molecule is COc1ccc(Cc2noc(C(CN)c3ccccc3)n2)cc1OC. The minimum atomic E-state index is -0.104. The van der Waals surface area contributed by atoms with Gasteiger partial charge in [-0.05, 0) is 23.3 Å². The Hall–Kier alpha value is -2.86. The smallest absolute Gasteiger partial charge is 0.235 e. The molecule has 0 saturated heterocycles. The zero-order chi connectivity index (χ0) is 17.6. The molecule has 1 heterocycles. The van der Waals surface area contributed by atoms with Crippen molar-refractivity contribution in [3.05, 3.63) is 71.4 Å². The minimum absolute atomic E-state index is 0.104. The Morgan fingerprint density at radius 1 is 1.04 bits per heavy atom. The molecule has 0 amide bonds. The Morgan fingerprint density at radius 2 is 1.80 bits per heavy atom. The predicted octanol–water partition coefficient (Wildman–Crippen LogP) is 2.77. The fourth-order valence-corrected chi connectivity index (χ4v) is 2.72. The molecule has 3 rings (SSSR count). The number of nitrogens with two attached hydrogens (primary N) is 1. The van der Waals surface area contributed by atoms with Gasteiger partial charge >= 0.3 is 0 Å². The predicted molar refractivity (Wildman–Crippen MR) is 94.0 cm³/mol. The largest absolute Gasteiger partial charge is 0.493 e. The Bertz CT molecular complexity index is 818. The van der Waals surface area contributed by atoms with Crippen LogP contribution >= 0.6 is 0 Å². The van der Waals surface area contributed by atoms with Crippen LogP contribution < -0.4 is 15.2 Å². The van der Waals surface area contributed by atoms with Gasteiger partial charge in [0.25, 0.3) is 0 Å². The van der Waals surface area contributed by atoms with E-state index in [1.165, 1.54) is 0 Å². The van der Waals surface area contributed by atoms with Crippen LogP contribution in [0, 0.1) is 0 Å². The highest BCUT2D eigenvalue weighted by Crippen LogP contribution is 2.28. The Balaban J connectivity index is 1.80. The number of nitrogens with zero attached hydrogens (tertiary/aromatic N) is 2. The molecule has 6 heteroatoms. The van der Waals surface area contributed by atoms with Gasteiger partial charge in [-0.2, -0.15) is 4.98 Å². The number of hydrogen-bond acceptors (Lipinski definition) is 6. The molecule has 6 nitrogen and oxygen atoms in total. The third kappa shape index (κ3) is 3.80. The van der Waals surface area contributed by atoms with Gasteiger partial charge in [-0.25, -0.2) is 0 Å². The molecule has 0 bridgehead atoms. The van der Waals surface area contributed by atoms with Crippen molar-refractivity contribution in [1.29, 1.82) is 0 Å². The number of ether oxygens (including phenoxy) is 2. The first kappa shape index (κ1) is 17.0. The van der Waals surface area contributed by atoms with Gasteiger partial charge in [0, 0.05) is 13.0 Å². The van der Waals surface area contributed by atoms with Gasteiger partial charge in [-0.3, -0.25) is 0 Å². The third-order valence-corrected chi connectivity index (χ3v) is 4.03. The second-order valence-electron chi connectivity index (χ2n) is 5.61. The van der Waals surface area contributed by atoms with Gasteiger partial charge in [0.1, 0.15) is 0 Å². The van der Waals surface area contributed by atoms with Crippen molar-refractivity contribution in [2.45, 2.75) is 12.3 Å². The van der Waals surface area contributed by atoms with Crippen LogP contribution in [0.25, 0.3) is 0 Å². The van der Waals surface area contributed by atoms with E-state index in [9.17, 15) is 0 Å². The lowest BCUT2D eigenvalue weighted by atomic mass is 9.99. The van der Waals surface area contributed by atoms with Crippen molar-refractivity contribution in [3.8, 4) is 11.5 Å². The number of aromatic nitrogens is 2. The second-order valence-corrected chi connectivity index (χ2v) is 5.61. The van der Waals surface area contributed by atoms with Crippen LogP contribution in [-0.4, -0.2) is 30.9 Å². The average Bonchev–Trinajstić information content (AvgIpc) is 3.11. The fourth-order valence-electron chi connectivity index (χ4n) is 2.72. The molecule has 0 aliphatic carbocycles. The molecule has 0 spiro atoms. The van der Waals surface area contributed by atoms with Crippen LogP contribution in [0.3, 0.4) is 0 Å². The zero-order valence-corrected chi connectivity index (χ0v) is 14.3. The lowest BCUT2D eigenvalue weighted by Crippen LogP contribution is -2.14. The molecule has 0 fully saturated rings. The van der Waals surface area contributed by atoms with Gasteiger partial charge in [-0.15, -0.1) is 0 Å². The van der Waals surface area contributed by atoms with Crippen LogP contribution in [0.4, 0.5) is 0 Å². The fraction of sp³-hybridized carbons (Fsp3) is 0.263. The van der Waals surface area contributed by atoms with E-state index in [-0.39, 0.29) is 5.92 Å².